The van der Waals surface area contributed by atoms with Crippen LogP contribution in [0, 0.1) is 6.92 Å². The number of nitrogens with two attached hydrogens (primary N) is 1. The summed E-state index contributed by atoms with van der Waals surface area (Å²) in [6.07, 6.45) is 0. The van der Waals surface area contributed by atoms with Crippen LogP contribution >= 0.6 is 0 Å². The van der Waals surface area contributed by atoms with Gasteiger partial charge in [0, 0.05) is 16.8 Å². The molecule has 5 nitrogen and oxygen atoms in total. The summed E-state index contributed by atoms with van der Waals surface area (Å²) >= 11 is 0. The molecule has 0 atom stereocenters. The van der Waals surface area contributed by atoms with Crippen molar-refractivity contribution in [2.75, 3.05) is 5.73 Å². The second-order valence-electron chi connectivity index (χ2n) is 2.82. The molecule has 0 saturated carbocycles. The molecule has 0 amide bonds. The average Bonchev–Trinajstić information content (AvgIpc) is 2.07. The van der Waals surface area contributed by atoms with Crippen molar-refractivity contribution >= 4 is 17.6 Å². The third-order valence-electron chi connectivity index (χ3n) is 1.87. The molecular weight excluding hydrogens is 232 g/mol. The molecule has 0 aliphatic heterocycles. The zero-order chi connectivity index (χ0) is 10.9. The van der Waals surface area contributed by atoms with Crippen molar-refractivity contribution in [2.45, 2.75) is 6.92 Å². The molecule has 0 heterocycles. The number of carboxylic acids is 2. The number of anilines is 1. The molecule has 1 aromatic carbocycles. The fourth-order valence-corrected chi connectivity index (χ4v) is 1.16. The molecule has 0 saturated heterocycles. The Kier molecular flexibility index (Phi) is 8.38. The minimum atomic E-state index is -1.46. The van der Waals surface area contributed by atoms with Crippen molar-refractivity contribution in [2.24, 2.45) is 0 Å². The van der Waals surface area contributed by atoms with Crippen LogP contribution in [0.25, 0.3) is 0 Å². The van der Waals surface area contributed by atoms with Gasteiger partial charge in [0.25, 0.3) is 0 Å². The van der Waals surface area contributed by atoms with Crippen LogP contribution in [-0.2, 0) is 0 Å². The first kappa shape index (κ1) is 18.3. The molecule has 1 rings (SSSR count). The van der Waals surface area contributed by atoms with Crippen LogP contribution in [0.1, 0.15) is 26.3 Å². The Hall–Kier alpha value is -0.0400. The number of carboxylic acid groups (broad SMARTS) is 2. The molecule has 0 aliphatic carbocycles. The Morgan fingerprint density at radius 3 is 1.62 bits per heavy atom. The van der Waals surface area contributed by atoms with Gasteiger partial charge in [-0.3, -0.25) is 0 Å². The smallest absolute Gasteiger partial charge is 0.545 e. The summed E-state index contributed by atoms with van der Waals surface area (Å²) < 4.78 is 0. The van der Waals surface area contributed by atoms with E-state index in [2.05, 4.69) is 0 Å². The SMILES string of the molecule is Cc1c(C(=O)[O-])cc(N)cc1C(=O)[O-].[Na+].[Na+]. The Morgan fingerprint density at radius 2 is 1.38 bits per heavy atom. The zero-order valence-corrected chi connectivity index (χ0v) is 13.4. The van der Waals surface area contributed by atoms with Gasteiger partial charge in [-0.2, -0.15) is 0 Å². The molecule has 0 radical (unpaired) electrons. The van der Waals surface area contributed by atoms with Crippen molar-refractivity contribution in [3.63, 3.8) is 0 Å². The van der Waals surface area contributed by atoms with Crippen molar-refractivity contribution in [1.29, 1.82) is 0 Å². The number of hydrogen-bond acceptors (Lipinski definition) is 5. The maximum atomic E-state index is 10.6. The molecule has 0 aliphatic rings. The molecule has 0 unspecified atom stereocenters. The second-order valence-corrected chi connectivity index (χ2v) is 2.82. The first-order valence-corrected chi connectivity index (χ1v) is 3.76. The van der Waals surface area contributed by atoms with Gasteiger partial charge in [0.15, 0.2) is 0 Å². The molecule has 0 spiro atoms. The molecule has 0 aromatic heterocycles. The zero-order valence-electron chi connectivity index (χ0n) is 9.37. The summed E-state index contributed by atoms with van der Waals surface area (Å²) in [6.45, 7) is 1.36. The second kappa shape index (κ2) is 7.32. The van der Waals surface area contributed by atoms with Crippen LogP contribution < -0.4 is 75.1 Å². The van der Waals surface area contributed by atoms with Crippen LogP contribution in [0.5, 0.6) is 0 Å². The minimum absolute atomic E-state index is 0. The fraction of sp³-hybridized carbons (Fsp3) is 0.111. The summed E-state index contributed by atoms with van der Waals surface area (Å²) in [5, 5.41) is 21.1. The summed E-state index contributed by atoms with van der Waals surface area (Å²) in [4.78, 5) is 21.1. The van der Waals surface area contributed by atoms with Crippen LogP contribution in [0.4, 0.5) is 5.69 Å². The summed E-state index contributed by atoms with van der Waals surface area (Å²) in [6, 6.07) is 2.30. The maximum Gasteiger partial charge on any atom is 1.00 e. The number of aromatic carboxylic acids is 2. The molecule has 0 fully saturated rings. The van der Waals surface area contributed by atoms with E-state index >= 15 is 0 Å². The van der Waals surface area contributed by atoms with Crippen LogP contribution in [-0.4, -0.2) is 11.9 Å². The van der Waals surface area contributed by atoms with Gasteiger partial charge in [-0.05, 0) is 24.6 Å². The summed E-state index contributed by atoms with van der Waals surface area (Å²) in [5.41, 5.74) is 4.99. The van der Waals surface area contributed by atoms with Crippen LogP contribution in [0.3, 0.4) is 0 Å². The van der Waals surface area contributed by atoms with E-state index in [1.54, 1.807) is 0 Å². The average molecular weight is 239 g/mol. The van der Waals surface area contributed by atoms with E-state index in [0.717, 1.165) is 12.1 Å². The number of rotatable bonds is 2. The van der Waals surface area contributed by atoms with Crippen LogP contribution in [0.2, 0.25) is 0 Å². The first-order chi connectivity index (χ1) is 6.43. The van der Waals surface area contributed by atoms with E-state index in [0.29, 0.717) is 0 Å². The topological polar surface area (TPSA) is 106 Å². The number of carbonyl (C=O) groups is 2. The van der Waals surface area contributed by atoms with Gasteiger partial charge in [-0.1, -0.05) is 0 Å². The van der Waals surface area contributed by atoms with Crippen LogP contribution in [0.15, 0.2) is 12.1 Å². The third kappa shape index (κ3) is 4.08. The molecule has 1 aromatic rings. The van der Waals surface area contributed by atoms with Gasteiger partial charge in [0.1, 0.15) is 0 Å². The van der Waals surface area contributed by atoms with Gasteiger partial charge in [-0.15, -0.1) is 0 Å². The van der Waals surface area contributed by atoms with Crippen molar-refractivity contribution in [3.8, 4) is 0 Å². The number of carbonyl (C=O) groups excluding carboxylic acids is 2. The predicted molar refractivity (Wildman–Crippen MR) is 44.3 cm³/mol. The molecule has 2 N–H and O–H groups in total. The fourth-order valence-electron chi connectivity index (χ4n) is 1.16. The van der Waals surface area contributed by atoms with Gasteiger partial charge in [-0.25, -0.2) is 0 Å². The molecule has 16 heavy (non-hydrogen) atoms. The Balaban J connectivity index is 0. The molecular formula is C9H7NNa2O4. The minimum Gasteiger partial charge on any atom is -0.545 e. The normalized spacial score (nSPS) is 8.56. The standard InChI is InChI=1S/C9H9NO4.2Na/c1-4-6(8(11)12)2-5(10)3-7(4)9(13)14;;/h2-3H,10H2,1H3,(H,11,12)(H,13,14);;/q;2*+1/p-2. The van der Waals surface area contributed by atoms with Crippen molar-refractivity contribution < 1.29 is 78.9 Å². The van der Waals surface area contributed by atoms with E-state index < -0.39 is 11.9 Å². The van der Waals surface area contributed by atoms with Gasteiger partial charge < -0.3 is 25.5 Å². The molecule has 7 heteroatoms. The van der Waals surface area contributed by atoms with E-state index in [1.807, 2.05) is 0 Å². The Morgan fingerprint density at radius 1 is 1.06 bits per heavy atom. The number of nitrogen functional groups attached to an aromatic ring is 1. The van der Waals surface area contributed by atoms with Crippen molar-refractivity contribution in [1.82, 2.24) is 0 Å². The summed E-state index contributed by atoms with van der Waals surface area (Å²) in [7, 11) is 0. The molecule has 0 bridgehead atoms. The largest absolute Gasteiger partial charge is 1.00 e. The third-order valence-corrected chi connectivity index (χ3v) is 1.87. The van der Waals surface area contributed by atoms with Gasteiger partial charge >= 0.3 is 59.1 Å². The predicted octanol–water partition coefficient (Wildman–Crippen LogP) is -7.69. The Labute approximate surface area is 137 Å². The molecule has 74 valence electrons. The maximum absolute atomic E-state index is 10.6. The first-order valence-electron chi connectivity index (χ1n) is 3.76. The van der Waals surface area contributed by atoms with E-state index in [9.17, 15) is 19.8 Å². The monoisotopic (exact) mass is 239 g/mol. The summed E-state index contributed by atoms with van der Waals surface area (Å²) in [5.74, 6) is -2.92. The van der Waals surface area contributed by atoms with E-state index in [1.165, 1.54) is 6.92 Å². The van der Waals surface area contributed by atoms with Gasteiger partial charge in [0.2, 0.25) is 0 Å². The Bertz CT molecular complexity index is 385. The quantitative estimate of drug-likeness (QED) is 0.407. The van der Waals surface area contributed by atoms with E-state index in [4.69, 9.17) is 5.73 Å². The number of benzene rings is 1. The van der Waals surface area contributed by atoms with Crippen molar-refractivity contribution in [3.05, 3.63) is 28.8 Å². The van der Waals surface area contributed by atoms with E-state index in [-0.39, 0.29) is 81.5 Å². The van der Waals surface area contributed by atoms with Gasteiger partial charge in [0.05, 0.1) is 11.9 Å². The number of hydrogen-bond donors (Lipinski definition) is 1.